The SMILES string of the molecule is NNC(=O)CCN1C(=O)/C(=C\c2ccccc2)Oc2ccc(N)cc21. The fraction of sp³-hybridized carbons (Fsp3) is 0.111. The maximum atomic E-state index is 12.8. The van der Waals surface area contributed by atoms with Crippen molar-refractivity contribution in [1.29, 1.82) is 0 Å². The fourth-order valence-electron chi connectivity index (χ4n) is 2.54. The van der Waals surface area contributed by atoms with Crippen LogP contribution in [0.2, 0.25) is 0 Å². The molecular formula is C18H18N4O3. The molecule has 7 nitrogen and oxygen atoms in total. The molecule has 1 aliphatic rings. The van der Waals surface area contributed by atoms with E-state index < -0.39 is 0 Å². The second-order valence-corrected chi connectivity index (χ2v) is 5.52. The molecule has 3 rings (SSSR count). The third kappa shape index (κ3) is 3.61. The quantitative estimate of drug-likeness (QED) is 0.257. The van der Waals surface area contributed by atoms with Crippen molar-refractivity contribution in [3.05, 3.63) is 59.9 Å². The van der Waals surface area contributed by atoms with Crippen LogP contribution in [-0.2, 0) is 9.59 Å². The van der Waals surface area contributed by atoms with Gasteiger partial charge in [0.15, 0.2) is 11.5 Å². The minimum atomic E-state index is -0.363. The van der Waals surface area contributed by atoms with Crippen LogP contribution < -0.4 is 26.6 Å². The number of ether oxygens (including phenoxy) is 1. The van der Waals surface area contributed by atoms with E-state index in [1.54, 1.807) is 24.3 Å². The van der Waals surface area contributed by atoms with Gasteiger partial charge < -0.3 is 15.4 Å². The molecule has 0 atom stereocenters. The van der Waals surface area contributed by atoms with E-state index in [2.05, 4.69) is 5.43 Å². The first-order valence-corrected chi connectivity index (χ1v) is 7.74. The van der Waals surface area contributed by atoms with E-state index in [1.165, 1.54) is 4.90 Å². The Kier molecular flexibility index (Phi) is 4.67. The van der Waals surface area contributed by atoms with Crippen LogP contribution in [0.25, 0.3) is 6.08 Å². The molecule has 0 aromatic heterocycles. The van der Waals surface area contributed by atoms with Gasteiger partial charge in [0, 0.05) is 18.7 Å². The van der Waals surface area contributed by atoms with Crippen LogP contribution in [0.3, 0.4) is 0 Å². The molecular weight excluding hydrogens is 320 g/mol. The third-order valence-corrected chi connectivity index (χ3v) is 3.77. The van der Waals surface area contributed by atoms with Crippen LogP contribution in [0.1, 0.15) is 12.0 Å². The standard InChI is InChI=1S/C18H18N4O3/c19-13-6-7-15-14(11-13)22(9-8-17(23)21-20)18(24)16(25-15)10-12-4-2-1-3-5-12/h1-7,10-11H,8-9,19-20H2,(H,21,23)/b16-10+. The fourth-order valence-corrected chi connectivity index (χ4v) is 2.54. The average molecular weight is 338 g/mol. The van der Waals surface area contributed by atoms with Crippen molar-refractivity contribution in [3.8, 4) is 5.75 Å². The number of carbonyl (C=O) groups excluding carboxylic acids is 2. The van der Waals surface area contributed by atoms with E-state index in [9.17, 15) is 9.59 Å². The molecule has 1 heterocycles. The minimum absolute atomic E-state index is 0.0646. The van der Waals surface area contributed by atoms with Crippen LogP contribution in [0.5, 0.6) is 5.75 Å². The van der Waals surface area contributed by atoms with E-state index in [-0.39, 0.29) is 30.5 Å². The van der Waals surface area contributed by atoms with Crippen molar-refractivity contribution in [3.63, 3.8) is 0 Å². The summed E-state index contributed by atoms with van der Waals surface area (Å²) in [4.78, 5) is 25.8. The summed E-state index contributed by atoms with van der Waals surface area (Å²) in [6, 6.07) is 14.4. The van der Waals surface area contributed by atoms with Crippen LogP contribution in [0.4, 0.5) is 11.4 Å². The Morgan fingerprint density at radius 2 is 1.96 bits per heavy atom. The topological polar surface area (TPSA) is 111 Å². The van der Waals surface area contributed by atoms with Crippen molar-refractivity contribution >= 4 is 29.3 Å². The van der Waals surface area contributed by atoms with Crippen LogP contribution in [0.15, 0.2) is 54.3 Å². The van der Waals surface area contributed by atoms with Gasteiger partial charge in [0.05, 0.1) is 5.69 Å². The first kappa shape index (κ1) is 16.5. The number of hydrogen-bond acceptors (Lipinski definition) is 5. The second-order valence-electron chi connectivity index (χ2n) is 5.52. The molecule has 25 heavy (non-hydrogen) atoms. The van der Waals surface area contributed by atoms with Crippen LogP contribution >= 0.6 is 0 Å². The number of hydrazine groups is 1. The molecule has 7 heteroatoms. The number of nitrogens with one attached hydrogen (secondary N) is 1. The van der Waals surface area contributed by atoms with E-state index in [1.807, 2.05) is 30.3 Å². The van der Waals surface area contributed by atoms with E-state index in [0.717, 1.165) is 5.56 Å². The lowest BCUT2D eigenvalue weighted by Gasteiger charge is -2.30. The maximum absolute atomic E-state index is 12.8. The largest absolute Gasteiger partial charge is 0.449 e. The highest BCUT2D eigenvalue weighted by molar-refractivity contribution is 6.10. The zero-order valence-electron chi connectivity index (χ0n) is 13.4. The van der Waals surface area contributed by atoms with Gasteiger partial charge >= 0.3 is 0 Å². The van der Waals surface area contributed by atoms with Gasteiger partial charge in [0.2, 0.25) is 5.91 Å². The van der Waals surface area contributed by atoms with E-state index in [4.69, 9.17) is 16.3 Å². The molecule has 2 aromatic rings. The summed E-state index contributed by atoms with van der Waals surface area (Å²) < 4.78 is 5.76. The molecule has 0 saturated heterocycles. The number of hydrogen-bond donors (Lipinski definition) is 3. The number of nitrogens with zero attached hydrogens (tertiary/aromatic N) is 1. The highest BCUT2D eigenvalue weighted by Gasteiger charge is 2.30. The molecule has 0 radical (unpaired) electrons. The van der Waals surface area contributed by atoms with Crippen molar-refractivity contribution in [2.75, 3.05) is 17.2 Å². The molecule has 2 aromatic carbocycles. The lowest BCUT2D eigenvalue weighted by atomic mass is 10.1. The normalized spacial score (nSPS) is 14.8. The Hall–Kier alpha value is -3.32. The van der Waals surface area contributed by atoms with Crippen molar-refractivity contribution in [2.45, 2.75) is 6.42 Å². The van der Waals surface area contributed by atoms with Gasteiger partial charge in [0.25, 0.3) is 5.91 Å². The minimum Gasteiger partial charge on any atom is -0.449 e. The number of nitrogens with two attached hydrogens (primary N) is 2. The Morgan fingerprint density at radius 3 is 2.68 bits per heavy atom. The molecule has 0 unspecified atom stereocenters. The molecule has 128 valence electrons. The molecule has 5 N–H and O–H groups in total. The van der Waals surface area contributed by atoms with Crippen molar-refractivity contribution in [1.82, 2.24) is 5.43 Å². The summed E-state index contributed by atoms with van der Waals surface area (Å²) in [7, 11) is 0. The summed E-state index contributed by atoms with van der Waals surface area (Å²) in [5.74, 6) is 5.09. The van der Waals surface area contributed by atoms with Crippen LogP contribution in [-0.4, -0.2) is 18.4 Å². The lowest BCUT2D eigenvalue weighted by molar-refractivity contribution is -0.121. The Morgan fingerprint density at radius 1 is 1.20 bits per heavy atom. The smallest absolute Gasteiger partial charge is 0.294 e. The number of anilines is 2. The Bertz CT molecular complexity index is 833. The van der Waals surface area contributed by atoms with Crippen LogP contribution in [0, 0.1) is 0 Å². The Balaban J connectivity index is 1.97. The average Bonchev–Trinajstić information content (AvgIpc) is 2.63. The maximum Gasteiger partial charge on any atom is 0.294 e. The second kappa shape index (κ2) is 7.06. The number of fused-ring (bicyclic) bond motifs is 1. The third-order valence-electron chi connectivity index (χ3n) is 3.77. The lowest BCUT2D eigenvalue weighted by Crippen LogP contribution is -2.40. The zero-order chi connectivity index (χ0) is 17.8. The van der Waals surface area contributed by atoms with Gasteiger partial charge in [-0.05, 0) is 29.8 Å². The first-order valence-electron chi connectivity index (χ1n) is 7.74. The summed E-state index contributed by atoms with van der Waals surface area (Å²) in [5, 5.41) is 0. The van der Waals surface area contributed by atoms with Gasteiger partial charge in [-0.3, -0.25) is 15.0 Å². The van der Waals surface area contributed by atoms with E-state index in [0.29, 0.717) is 17.1 Å². The first-order chi connectivity index (χ1) is 12.1. The van der Waals surface area contributed by atoms with Gasteiger partial charge in [-0.1, -0.05) is 30.3 Å². The summed E-state index contributed by atoms with van der Waals surface area (Å²) >= 11 is 0. The molecule has 1 aliphatic heterocycles. The van der Waals surface area contributed by atoms with Crippen molar-refractivity contribution < 1.29 is 14.3 Å². The molecule has 2 amide bonds. The monoisotopic (exact) mass is 338 g/mol. The van der Waals surface area contributed by atoms with Gasteiger partial charge in [0.1, 0.15) is 0 Å². The number of nitrogen functional groups attached to an aromatic ring is 1. The van der Waals surface area contributed by atoms with Gasteiger partial charge in [-0.15, -0.1) is 0 Å². The molecule has 0 aliphatic carbocycles. The predicted octanol–water partition coefficient (Wildman–Crippen LogP) is 1.42. The highest BCUT2D eigenvalue weighted by atomic mass is 16.5. The number of benzene rings is 2. The number of carbonyl (C=O) groups is 2. The molecule has 0 fully saturated rings. The molecule has 0 spiro atoms. The van der Waals surface area contributed by atoms with E-state index >= 15 is 0 Å². The van der Waals surface area contributed by atoms with Gasteiger partial charge in [-0.25, -0.2) is 5.84 Å². The Labute approximate surface area is 144 Å². The number of rotatable bonds is 4. The zero-order valence-corrected chi connectivity index (χ0v) is 13.4. The summed E-state index contributed by atoms with van der Waals surface area (Å²) in [5.41, 5.74) is 9.74. The van der Waals surface area contributed by atoms with Crippen molar-refractivity contribution in [2.24, 2.45) is 5.84 Å². The summed E-state index contributed by atoms with van der Waals surface area (Å²) in [6.07, 6.45) is 1.73. The predicted molar refractivity (Wildman–Crippen MR) is 95.2 cm³/mol. The molecule has 0 saturated carbocycles. The molecule has 0 bridgehead atoms. The highest BCUT2D eigenvalue weighted by Crippen LogP contribution is 2.37. The van der Waals surface area contributed by atoms with Gasteiger partial charge in [-0.2, -0.15) is 0 Å². The summed E-state index contributed by atoms with van der Waals surface area (Å²) in [6.45, 7) is 0.161. The number of amides is 2.